The quantitative estimate of drug-likeness (QED) is 0.737. The lowest BCUT2D eigenvalue weighted by Gasteiger charge is -2.39. The van der Waals surface area contributed by atoms with Gasteiger partial charge in [-0.05, 0) is 26.3 Å². The van der Waals surface area contributed by atoms with E-state index in [1.54, 1.807) is 4.68 Å². The molecule has 2 aliphatic rings. The van der Waals surface area contributed by atoms with E-state index >= 15 is 0 Å². The third kappa shape index (κ3) is 3.06. The number of nitrogens with one attached hydrogen (secondary N) is 2. The van der Waals surface area contributed by atoms with Crippen LogP contribution in [-0.2, 0) is 9.47 Å². The van der Waals surface area contributed by atoms with E-state index in [1.165, 1.54) is 0 Å². The Morgan fingerprint density at radius 2 is 2.30 bits per heavy atom. The number of aromatic nitrogens is 2. The van der Waals surface area contributed by atoms with Crippen molar-refractivity contribution in [3.63, 3.8) is 0 Å². The predicted octanol–water partition coefficient (Wildman–Crippen LogP) is 0.235. The number of aliphatic hydroxyl groups is 1. The van der Waals surface area contributed by atoms with Crippen molar-refractivity contribution in [3.05, 3.63) is 17.5 Å². The van der Waals surface area contributed by atoms with E-state index in [4.69, 9.17) is 9.47 Å². The summed E-state index contributed by atoms with van der Waals surface area (Å²) < 4.78 is 13.2. The molecule has 3 rings (SSSR count). The van der Waals surface area contributed by atoms with E-state index in [1.807, 2.05) is 26.8 Å². The number of amides is 2. The van der Waals surface area contributed by atoms with Crippen LogP contribution in [0.15, 0.2) is 6.07 Å². The minimum absolute atomic E-state index is 0.308. The summed E-state index contributed by atoms with van der Waals surface area (Å²) in [4.78, 5) is 12.0. The second-order valence-electron chi connectivity index (χ2n) is 6.16. The van der Waals surface area contributed by atoms with Gasteiger partial charge in [-0.25, -0.2) is 4.79 Å². The third-order valence-electron chi connectivity index (χ3n) is 4.29. The summed E-state index contributed by atoms with van der Waals surface area (Å²) in [6.45, 7) is 6.72. The highest BCUT2D eigenvalue weighted by molar-refractivity contribution is 5.74. The van der Waals surface area contributed by atoms with Gasteiger partial charge >= 0.3 is 6.03 Å². The predicted molar refractivity (Wildman–Crippen MR) is 82.0 cm³/mol. The number of ether oxygens (including phenoxy) is 2. The average molecular weight is 324 g/mol. The lowest BCUT2D eigenvalue weighted by Crippen LogP contribution is -2.60. The molecule has 2 fully saturated rings. The van der Waals surface area contributed by atoms with Gasteiger partial charge in [0.05, 0.1) is 18.3 Å². The Bertz CT molecular complexity index is 576. The van der Waals surface area contributed by atoms with Crippen molar-refractivity contribution in [3.8, 4) is 0 Å². The zero-order valence-electron chi connectivity index (χ0n) is 13.7. The van der Waals surface area contributed by atoms with Crippen LogP contribution in [0.1, 0.15) is 30.8 Å². The smallest absolute Gasteiger partial charge is 0.315 e. The van der Waals surface area contributed by atoms with Gasteiger partial charge in [0.2, 0.25) is 0 Å². The average Bonchev–Trinajstić information content (AvgIpc) is 3.07. The number of urea groups is 1. The fourth-order valence-electron chi connectivity index (χ4n) is 3.23. The van der Waals surface area contributed by atoms with Crippen molar-refractivity contribution in [2.24, 2.45) is 0 Å². The summed E-state index contributed by atoms with van der Waals surface area (Å²) in [6, 6.07) is 0.597. The van der Waals surface area contributed by atoms with Crippen LogP contribution in [0.5, 0.6) is 0 Å². The number of nitrogens with zero attached hydrogens (tertiary/aromatic N) is 2. The van der Waals surface area contributed by atoms with Gasteiger partial charge in [0.15, 0.2) is 6.29 Å². The molecule has 3 N–H and O–H groups in total. The molecule has 5 unspecified atom stereocenters. The minimum atomic E-state index is -0.841. The van der Waals surface area contributed by atoms with E-state index in [2.05, 4.69) is 15.7 Å². The highest BCUT2D eigenvalue weighted by Gasteiger charge is 2.52. The third-order valence-corrected chi connectivity index (χ3v) is 4.29. The van der Waals surface area contributed by atoms with E-state index < -0.39 is 24.5 Å². The zero-order chi connectivity index (χ0) is 16.6. The number of hydrogen-bond donors (Lipinski definition) is 3. The van der Waals surface area contributed by atoms with Crippen molar-refractivity contribution >= 4 is 6.03 Å². The van der Waals surface area contributed by atoms with Crippen molar-refractivity contribution in [2.45, 2.75) is 57.8 Å². The minimum Gasteiger partial charge on any atom is -0.388 e. The number of carbonyl (C=O) groups is 1. The number of aryl methyl sites for hydroxylation is 2. The molecule has 23 heavy (non-hydrogen) atoms. The van der Waals surface area contributed by atoms with Crippen molar-refractivity contribution in [1.82, 2.24) is 20.4 Å². The second kappa shape index (κ2) is 6.46. The first-order valence-corrected chi connectivity index (χ1v) is 8.03. The summed E-state index contributed by atoms with van der Waals surface area (Å²) in [6.07, 6.45) is -0.896. The Morgan fingerprint density at radius 3 is 2.96 bits per heavy atom. The maximum absolute atomic E-state index is 12.0. The van der Waals surface area contributed by atoms with Crippen LogP contribution >= 0.6 is 0 Å². The first-order valence-electron chi connectivity index (χ1n) is 8.03. The largest absolute Gasteiger partial charge is 0.388 e. The second-order valence-corrected chi connectivity index (χ2v) is 6.16. The molecule has 0 spiro atoms. The SMILES string of the molecule is CCCNC(=O)NC1C2COC(O2)C(n2nc(C)cc2C)C1O. The standard InChI is InChI=1S/C15H24N4O4/c1-4-5-16-15(21)17-11-10-7-22-14(23-10)12(13(11)20)19-9(3)6-8(2)18-19/h6,10-14,20H,4-5,7H2,1-3H3,(H2,16,17,21). The molecule has 8 heteroatoms. The molecule has 5 atom stereocenters. The molecule has 2 saturated heterocycles. The molecule has 8 nitrogen and oxygen atoms in total. The van der Waals surface area contributed by atoms with Crippen molar-refractivity contribution in [1.29, 1.82) is 0 Å². The molecule has 3 heterocycles. The van der Waals surface area contributed by atoms with Crippen LogP contribution in [0.2, 0.25) is 0 Å². The Kier molecular flexibility index (Phi) is 4.56. The lowest BCUT2D eigenvalue weighted by atomic mass is 9.96. The number of carbonyl (C=O) groups excluding carboxylic acids is 1. The van der Waals surface area contributed by atoms with E-state index in [-0.39, 0.29) is 12.1 Å². The van der Waals surface area contributed by atoms with Gasteiger partial charge in [0, 0.05) is 12.2 Å². The number of fused-ring (bicyclic) bond motifs is 2. The van der Waals surface area contributed by atoms with Crippen LogP contribution in [0.25, 0.3) is 0 Å². The molecule has 0 aliphatic carbocycles. The molecular formula is C15H24N4O4. The summed E-state index contributed by atoms with van der Waals surface area (Å²) in [5.41, 5.74) is 1.78. The molecule has 128 valence electrons. The normalized spacial score (nSPS) is 32.8. The maximum Gasteiger partial charge on any atom is 0.315 e. The van der Waals surface area contributed by atoms with Crippen LogP contribution in [0, 0.1) is 13.8 Å². The summed E-state index contributed by atoms with van der Waals surface area (Å²) >= 11 is 0. The summed E-state index contributed by atoms with van der Waals surface area (Å²) in [7, 11) is 0. The molecule has 0 aromatic carbocycles. The topological polar surface area (TPSA) is 97.6 Å². The molecule has 0 radical (unpaired) electrons. The highest BCUT2D eigenvalue weighted by atomic mass is 16.7. The maximum atomic E-state index is 12.0. The van der Waals surface area contributed by atoms with Crippen LogP contribution in [-0.4, -0.2) is 58.6 Å². The first-order chi connectivity index (χ1) is 11.0. The van der Waals surface area contributed by atoms with Crippen molar-refractivity contribution in [2.75, 3.05) is 13.2 Å². The fraction of sp³-hybridized carbons (Fsp3) is 0.733. The van der Waals surface area contributed by atoms with Crippen LogP contribution < -0.4 is 10.6 Å². The first kappa shape index (κ1) is 16.2. The fourth-order valence-corrected chi connectivity index (χ4v) is 3.23. The zero-order valence-corrected chi connectivity index (χ0v) is 13.7. The molecule has 0 saturated carbocycles. The Hall–Kier alpha value is -1.64. The number of aliphatic hydroxyl groups excluding tert-OH is 1. The Labute approximate surface area is 135 Å². The van der Waals surface area contributed by atoms with E-state index in [0.717, 1.165) is 17.8 Å². The molecule has 1 aromatic rings. The van der Waals surface area contributed by atoms with E-state index in [9.17, 15) is 9.90 Å². The van der Waals surface area contributed by atoms with Gasteiger partial charge in [0.25, 0.3) is 0 Å². The van der Waals surface area contributed by atoms with Crippen LogP contribution in [0.4, 0.5) is 4.79 Å². The summed E-state index contributed by atoms with van der Waals surface area (Å²) in [5.74, 6) is 0. The molecule has 2 bridgehead atoms. The molecular weight excluding hydrogens is 300 g/mol. The molecule has 2 aliphatic heterocycles. The monoisotopic (exact) mass is 324 g/mol. The van der Waals surface area contributed by atoms with Gasteiger partial charge in [-0.3, -0.25) is 4.68 Å². The highest BCUT2D eigenvalue weighted by Crippen LogP contribution is 2.36. The number of rotatable bonds is 4. The Balaban J connectivity index is 1.79. The lowest BCUT2D eigenvalue weighted by molar-refractivity contribution is -0.166. The molecule has 2 amide bonds. The van der Waals surface area contributed by atoms with Crippen LogP contribution in [0.3, 0.4) is 0 Å². The Morgan fingerprint density at radius 1 is 1.52 bits per heavy atom. The van der Waals surface area contributed by atoms with Gasteiger partial charge in [-0.15, -0.1) is 0 Å². The summed E-state index contributed by atoms with van der Waals surface area (Å²) in [5, 5.41) is 20.8. The van der Waals surface area contributed by atoms with Gasteiger partial charge in [-0.2, -0.15) is 5.10 Å². The van der Waals surface area contributed by atoms with Crippen molar-refractivity contribution < 1.29 is 19.4 Å². The molecule has 1 aromatic heterocycles. The number of hydrogen-bond acceptors (Lipinski definition) is 5. The van der Waals surface area contributed by atoms with Gasteiger partial charge < -0.3 is 25.2 Å². The van der Waals surface area contributed by atoms with E-state index in [0.29, 0.717) is 13.2 Å². The van der Waals surface area contributed by atoms with Gasteiger partial charge in [-0.1, -0.05) is 6.92 Å². The van der Waals surface area contributed by atoms with Gasteiger partial charge in [0.1, 0.15) is 18.2 Å².